The van der Waals surface area contributed by atoms with Gasteiger partial charge in [-0.2, -0.15) is 18.1 Å². The lowest BCUT2D eigenvalue weighted by Crippen LogP contribution is -2.62. The summed E-state index contributed by atoms with van der Waals surface area (Å²) >= 11 is 24.3. The van der Waals surface area contributed by atoms with Crippen LogP contribution in [-0.2, 0) is 30.1 Å². The summed E-state index contributed by atoms with van der Waals surface area (Å²) in [6.07, 6.45) is 0. The normalized spacial score (nSPS) is 19.5. The van der Waals surface area contributed by atoms with Crippen LogP contribution < -0.4 is 15.4 Å². The number of nitrogens with one attached hydrogen (secondary N) is 4. The van der Waals surface area contributed by atoms with Crippen molar-refractivity contribution in [1.29, 1.82) is 10.8 Å². The zero-order valence-electron chi connectivity index (χ0n) is 55.9. The van der Waals surface area contributed by atoms with E-state index in [0.29, 0.717) is 52.0 Å². The predicted octanol–water partition coefficient (Wildman–Crippen LogP) is 14.4. The maximum atomic E-state index is 14.3. The molecule has 0 amide bonds. The van der Waals surface area contributed by atoms with Gasteiger partial charge in [-0.3, -0.25) is 10.4 Å². The summed E-state index contributed by atoms with van der Waals surface area (Å²) < 4.78 is 94.6. The monoisotopic (exact) mass is 1480 g/mol. The van der Waals surface area contributed by atoms with Gasteiger partial charge in [-0.25, -0.2) is 27.3 Å². The Morgan fingerprint density at radius 2 is 1.08 bits per heavy atom. The molecule has 0 radical (unpaired) electrons. The van der Waals surface area contributed by atoms with Crippen LogP contribution in [0.4, 0.5) is 0 Å². The van der Waals surface area contributed by atoms with E-state index in [1.807, 2.05) is 159 Å². The van der Waals surface area contributed by atoms with Crippen LogP contribution in [0.3, 0.4) is 0 Å². The summed E-state index contributed by atoms with van der Waals surface area (Å²) in [7, 11) is -3.64. The molecule has 0 aromatic heterocycles. The summed E-state index contributed by atoms with van der Waals surface area (Å²) in [4.78, 5) is 1.98. The van der Waals surface area contributed by atoms with Gasteiger partial charge in [0.1, 0.15) is 18.3 Å². The molecule has 3 aliphatic rings. The van der Waals surface area contributed by atoms with Crippen molar-refractivity contribution in [3.63, 3.8) is 0 Å². The zero-order valence-corrected chi connectivity index (χ0v) is 61.4. The lowest BCUT2D eigenvalue weighted by atomic mass is 9.88. The number of hydrogen-bond acceptors (Lipinski definition) is 10. The quantitative estimate of drug-likeness (QED) is 0.0453. The fraction of sp³-hybridized carbons (Fsp3) is 0.216. The molecule has 0 spiro atoms. The molecule has 2 saturated heterocycles. The third-order valence-corrected chi connectivity index (χ3v) is 23.4. The van der Waals surface area contributed by atoms with E-state index in [-0.39, 0.29) is 54.9 Å². The molecular weight excluding hydrogens is 1410 g/mol. The van der Waals surface area contributed by atoms with E-state index >= 15 is 0 Å². The van der Waals surface area contributed by atoms with Gasteiger partial charge < -0.3 is 20.3 Å². The predicted molar refractivity (Wildman–Crippen MR) is 399 cm³/mol. The summed E-state index contributed by atoms with van der Waals surface area (Å²) in [6, 6.07) is 69.7. The molecule has 19 nitrogen and oxygen atoms in total. The van der Waals surface area contributed by atoms with Crippen LogP contribution in [0.1, 0.15) is 75.7 Å². The number of hydrazone groups is 1. The Hall–Kier alpha value is -8.65. The van der Waals surface area contributed by atoms with Crippen LogP contribution in [0.5, 0.6) is 5.75 Å². The van der Waals surface area contributed by atoms with E-state index in [2.05, 4.69) is 15.0 Å². The number of hydrogen-bond donors (Lipinski definition) is 4. The molecule has 12 rings (SSSR count). The number of halogens is 4. The highest BCUT2D eigenvalue weighted by Gasteiger charge is 2.60. The zero-order chi connectivity index (χ0) is 71.7. The Balaban J connectivity index is 0.000000162. The van der Waals surface area contributed by atoms with Crippen LogP contribution in [0.2, 0.25) is 20.1 Å². The molecular formula is C74H77Cl4N12O7S3+. The summed E-state index contributed by atoms with van der Waals surface area (Å²) in [6.45, 7) is 5.38. The second-order valence-corrected chi connectivity index (χ2v) is 31.2. The molecule has 9 aromatic rings. The third-order valence-electron chi connectivity index (χ3n) is 17.4. The van der Waals surface area contributed by atoms with Gasteiger partial charge in [0, 0.05) is 72.2 Å². The number of ether oxygens (including phenoxy) is 1. The van der Waals surface area contributed by atoms with Gasteiger partial charge in [0.25, 0.3) is 30.1 Å². The van der Waals surface area contributed by atoms with E-state index in [4.69, 9.17) is 67.1 Å². The first-order valence-electron chi connectivity index (χ1n) is 31.9. The lowest BCUT2D eigenvalue weighted by Gasteiger charge is -2.37. The Labute approximate surface area is 606 Å². The minimum atomic E-state index is -4.07. The van der Waals surface area contributed by atoms with E-state index in [1.54, 1.807) is 104 Å². The summed E-state index contributed by atoms with van der Waals surface area (Å²) in [5, 5.41) is 33.6. The number of nitrogens with zero attached hydrogens (tertiary/aromatic N) is 8. The fourth-order valence-corrected chi connectivity index (χ4v) is 17.7. The van der Waals surface area contributed by atoms with Crippen molar-refractivity contribution in [3.05, 3.63) is 296 Å². The Bertz CT molecular complexity index is 4770. The molecule has 520 valence electrons. The SMILES string of the molecule is CCNC(=NS(=O)(=O)c1ccc(Cl)cc1)N1CC(c2ccccc2)C(c2ccc(Cl)cc2)=N1.CNC(=N)[N+]1(C)CC(c2ccccc2)C(c2ccc(Cl)cc2)N1S(=O)(=O)c1cccc(OC)c1.Cc1cccc(S(=O)(=O)N2C(c3ccc(Cl)cc3)C(c3ccccc3)CN2C(=N)N(C)C)c1. The minimum absolute atomic E-state index is 0.0583. The highest BCUT2D eigenvalue weighted by Crippen LogP contribution is 2.50. The van der Waals surface area contributed by atoms with E-state index in [0.717, 1.165) is 44.7 Å². The molecule has 4 N–H and O–H groups in total. The molecule has 3 heterocycles. The molecule has 26 heteroatoms. The van der Waals surface area contributed by atoms with Crippen LogP contribution >= 0.6 is 46.4 Å². The highest BCUT2D eigenvalue weighted by molar-refractivity contribution is 7.90. The van der Waals surface area contributed by atoms with Crippen LogP contribution in [0, 0.1) is 17.7 Å². The number of methoxy groups -OCH3 is 1. The van der Waals surface area contributed by atoms with Crippen LogP contribution in [0.25, 0.3) is 0 Å². The molecule has 100 heavy (non-hydrogen) atoms. The molecule has 0 saturated carbocycles. The second-order valence-electron chi connectivity index (χ2n) is 24.2. The number of benzene rings is 9. The van der Waals surface area contributed by atoms with Crippen molar-refractivity contribution >= 4 is 100 Å². The van der Waals surface area contributed by atoms with Crippen molar-refractivity contribution in [1.82, 2.24) is 34.4 Å². The number of hydrazine groups is 1. The number of aryl methyl sites for hydroxylation is 1. The first-order chi connectivity index (χ1) is 47.8. The topological polar surface area (TPSA) is 224 Å². The molecule has 9 aromatic carbocycles. The average molecular weight is 1480 g/mol. The fourth-order valence-electron chi connectivity index (χ4n) is 12.5. The maximum Gasteiger partial charge on any atom is 0.315 e. The van der Waals surface area contributed by atoms with E-state index in [1.165, 1.54) is 46.3 Å². The highest BCUT2D eigenvalue weighted by atomic mass is 35.5. The van der Waals surface area contributed by atoms with Gasteiger partial charge in [0.2, 0.25) is 11.9 Å². The molecule has 6 unspecified atom stereocenters. The van der Waals surface area contributed by atoms with Crippen LogP contribution in [-0.4, -0.2) is 139 Å². The van der Waals surface area contributed by atoms with E-state index < -0.39 is 42.2 Å². The van der Waals surface area contributed by atoms with Gasteiger partial charge >= 0.3 is 5.96 Å². The number of guanidine groups is 3. The van der Waals surface area contributed by atoms with Gasteiger partial charge in [0.15, 0.2) is 0 Å². The first-order valence-corrected chi connectivity index (χ1v) is 37.7. The van der Waals surface area contributed by atoms with Crippen molar-refractivity contribution in [2.45, 2.75) is 58.4 Å². The Morgan fingerprint density at radius 1 is 0.590 bits per heavy atom. The average Bonchev–Trinajstić information content (AvgIpc) is 1.56. The molecule has 0 aliphatic carbocycles. The Morgan fingerprint density at radius 3 is 1.59 bits per heavy atom. The van der Waals surface area contributed by atoms with Crippen molar-refractivity contribution < 1.29 is 34.6 Å². The first kappa shape index (κ1) is 74.1. The number of likely N-dealkylation sites (N-methyl/N-ethyl adjacent to an activating group) is 1. The third kappa shape index (κ3) is 16.4. The summed E-state index contributed by atoms with van der Waals surface area (Å²) in [5.74, 6) is 0.314. The maximum absolute atomic E-state index is 14.3. The molecule has 2 fully saturated rings. The van der Waals surface area contributed by atoms with Crippen molar-refractivity contribution in [2.24, 2.45) is 9.50 Å². The molecule has 6 atom stereocenters. The van der Waals surface area contributed by atoms with Crippen molar-refractivity contribution in [3.8, 4) is 5.75 Å². The summed E-state index contributed by atoms with van der Waals surface area (Å²) in [5.41, 5.74) is 7.28. The largest absolute Gasteiger partial charge is 0.497 e. The van der Waals surface area contributed by atoms with Crippen molar-refractivity contribution in [2.75, 3.05) is 61.5 Å². The number of rotatable bonds is 14. The molecule has 3 aliphatic heterocycles. The number of sulfonamides is 3. The molecule has 0 bridgehead atoms. The Kier molecular flexibility index (Phi) is 23.6. The van der Waals surface area contributed by atoms with E-state index in [9.17, 15) is 25.3 Å². The lowest BCUT2D eigenvalue weighted by molar-refractivity contribution is -0.911. The van der Waals surface area contributed by atoms with Gasteiger partial charge in [-0.1, -0.05) is 196 Å². The van der Waals surface area contributed by atoms with Gasteiger partial charge in [0.05, 0.1) is 53.1 Å². The van der Waals surface area contributed by atoms with Gasteiger partial charge in [-0.05, 0) is 142 Å². The smallest absolute Gasteiger partial charge is 0.315 e. The standard InChI is InChI=1S/C25H28ClN4O3S.C25H27ClN4O2S.C24H22Cl2N4O2S/c1-28-25(27)30(2)17-23(18-8-5-4-6-9-18)24(19-12-14-20(26)15-13-19)29(30)34(31,32)22-11-7-10-21(16-22)33-3;1-18-8-7-11-22(16-18)33(31,32)30-24(20-12-14-21(26)15-13-20)23(19-9-5-4-6-10-19)17-29(30)25(27)28(2)3;1-2-27-24(29-33(31,32)21-14-12-20(26)13-15-21)30-16-22(17-6-4-3-5-7-17)23(28-30)18-8-10-19(25)11-9-18/h4-16,23-24H,17H2,1-3H3,(H2,27,28);4-16,23-24,27H,17H2,1-3H3;3-15,22H,2,16H2,1H3,(H,27,29)/q+1;;. The number of quaternary nitrogens is 1. The van der Waals surface area contributed by atoms with Crippen LogP contribution in [0.15, 0.2) is 261 Å². The van der Waals surface area contributed by atoms with Gasteiger partial charge in [-0.15, -0.1) is 4.40 Å². The minimum Gasteiger partial charge on any atom is -0.497 e. The second kappa shape index (κ2) is 31.9.